The van der Waals surface area contributed by atoms with Gasteiger partial charge in [0.05, 0.1) is 12.2 Å². The van der Waals surface area contributed by atoms with Crippen LogP contribution in [0, 0.1) is 6.92 Å². The third kappa shape index (κ3) is 4.09. The van der Waals surface area contributed by atoms with Crippen molar-refractivity contribution in [1.29, 1.82) is 0 Å². The van der Waals surface area contributed by atoms with E-state index in [9.17, 15) is 24.9 Å². The number of aliphatic hydroxyl groups is 3. The molecule has 0 aromatic heterocycles. The Morgan fingerprint density at radius 1 is 1.12 bits per heavy atom. The number of aliphatic hydroxyl groups excluding tert-OH is 3. The standard InChI is InChI=1S/C16H20O8/c1-8-3-5-10(6-4-8)15(20)24-13-12(19)11(7-17)23-16(21)14(13)22-9(2)18/h3-6,11-14,16-17,19,21H,7H2,1-2H3/t11-,12+,13+,14+,16-/m1/s1. The first kappa shape index (κ1) is 18.3. The summed E-state index contributed by atoms with van der Waals surface area (Å²) in [7, 11) is 0. The zero-order valence-electron chi connectivity index (χ0n) is 13.3. The Labute approximate surface area is 138 Å². The van der Waals surface area contributed by atoms with E-state index in [1.807, 2.05) is 6.92 Å². The number of esters is 2. The van der Waals surface area contributed by atoms with Crippen molar-refractivity contribution >= 4 is 11.9 Å². The van der Waals surface area contributed by atoms with Crippen LogP contribution in [0.2, 0.25) is 0 Å². The number of carbonyl (C=O) groups is 2. The first-order chi connectivity index (χ1) is 11.3. The second kappa shape index (κ2) is 7.71. The Balaban J connectivity index is 2.21. The molecule has 1 heterocycles. The van der Waals surface area contributed by atoms with Gasteiger partial charge in [-0.25, -0.2) is 4.79 Å². The van der Waals surface area contributed by atoms with E-state index in [2.05, 4.69) is 0 Å². The number of aryl methyl sites for hydroxylation is 1. The largest absolute Gasteiger partial charge is 0.453 e. The summed E-state index contributed by atoms with van der Waals surface area (Å²) in [5.41, 5.74) is 1.18. The molecule has 1 fully saturated rings. The number of hydrogen-bond acceptors (Lipinski definition) is 8. The molecule has 24 heavy (non-hydrogen) atoms. The summed E-state index contributed by atoms with van der Waals surface area (Å²) in [4.78, 5) is 23.4. The van der Waals surface area contributed by atoms with E-state index >= 15 is 0 Å². The monoisotopic (exact) mass is 340 g/mol. The predicted octanol–water partition coefficient (Wildman–Crippen LogP) is -0.477. The number of benzene rings is 1. The Kier molecular flexibility index (Phi) is 5.89. The predicted molar refractivity (Wildman–Crippen MR) is 79.9 cm³/mol. The minimum absolute atomic E-state index is 0.232. The van der Waals surface area contributed by atoms with Gasteiger partial charge in [0.15, 0.2) is 18.5 Å². The van der Waals surface area contributed by atoms with Gasteiger partial charge in [-0.05, 0) is 19.1 Å². The van der Waals surface area contributed by atoms with Gasteiger partial charge in [0, 0.05) is 6.92 Å². The summed E-state index contributed by atoms with van der Waals surface area (Å²) in [5, 5.41) is 29.3. The minimum atomic E-state index is -1.65. The fraction of sp³-hybridized carbons (Fsp3) is 0.500. The van der Waals surface area contributed by atoms with Gasteiger partial charge in [-0.1, -0.05) is 17.7 Å². The highest BCUT2D eigenvalue weighted by molar-refractivity contribution is 5.89. The summed E-state index contributed by atoms with van der Waals surface area (Å²) < 4.78 is 15.1. The van der Waals surface area contributed by atoms with Gasteiger partial charge in [-0.15, -0.1) is 0 Å². The van der Waals surface area contributed by atoms with Crippen molar-refractivity contribution in [1.82, 2.24) is 0 Å². The van der Waals surface area contributed by atoms with E-state index in [1.165, 1.54) is 0 Å². The minimum Gasteiger partial charge on any atom is -0.453 e. The van der Waals surface area contributed by atoms with Gasteiger partial charge in [-0.3, -0.25) is 4.79 Å². The molecule has 1 aromatic carbocycles. The van der Waals surface area contributed by atoms with Crippen molar-refractivity contribution in [3.05, 3.63) is 35.4 Å². The molecule has 0 spiro atoms. The van der Waals surface area contributed by atoms with Crippen molar-refractivity contribution in [2.45, 2.75) is 44.6 Å². The van der Waals surface area contributed by atoms with E-state index in [0.29, 0.717) is 0 Å². The Morgan fingerprint density at radius 2 is 1.75 bits per heavy atom. The van der Waals surface area contributed by atoms with Crippen LogP contribution in [0.25, 0.3) is 0 Å². The molecule has 8 heteroatoms. The second-order valence-corrected chi connectivity index (χ2v) is 5.55. The number of carbonyl (C=O) groups excluding carboxylic acids is 2. The fourth-order valence-corrected chi connectivity index (χ4v) is 2.39. The van der Waals surface area contributed by atoms with Crippen LogP contribution in [0.4, 0.5) is 0 Å². The zero-order chi connectivity index (χ0) is 17.9. The Hall–Kier alpha value is -2.00. The maximum Gasteiger partial charge on any atom is 0.338 e. The number of hydrogen-bond donors (Lipinski definition) is 3. The van der Waals surface area contributed by atoms with Crippen molar-refractivity contribution < 1.29 is 39.1 Å². The molecular formula is C16H20O8. The zero-order valence-corrected chi connectivity index (χ0v) is 13.3. The quantitative estimate of drug-likeness (QED) is 0.628. The highest BCUT2D eigenvalue weighted by Gasteiger charge is 2.48. The lowest BCUT2D eigenvalue weighted by atomic mass is 9.98. The molecule has 0 radical (unpaired) electrons. The molecule has 0 aliphatic carbocycles. The lowest BCUT2D eigenvalue weighted by Crippen LogP contribution is -2.61. The first-order valence-corrected chi connectivity index (χ1v) is 7.40. The van der Waals surface area contributed by atoms with Crippen LogP contribution in [0.3, 0.4) is 0 Å². The molecule has 1 aromatic rings. The molecule has 0 bridgehead atoms. The number of ether oxygens (including phenoxy) is 3. The van der Waals surface area contributed by atoms with E-state index in [-0.39, 0.29) is 5.56 Å². The number of rotatable bonds is 4. The molecule has 132 valence electrons. The fourth-order valence-electron chi connectivity index (χ4n) is 2.39. The molecule has 3 N–H and O–H groups in total. The van der Waals surface area contributed by atoms with Crippen molar-refractivity contribution in [2.24, 2.45) is 0 Å². The summed E-state index contributed by atoms with van der Waals surface area (Å²) in [6.45, 7) is 2.36. The van der Waals surface area contributed by atoms with Gasteiger partial charge in [0.25, 0.3) is 0 Å². The molecular weight excluding hydrogens is 320 g/mol. The highest BCUT2D eigenvalue weighted by atomic mass is 16.7. The van der Waals surface area contributed by atoms with E-state index in [1.54, 1.807) is 24.3 Å². The summed E-state index contributed by atoms with van der Waals surface area (Å²) in [6, 6.07) is 6.52. The van der Waals surface area contributed by atoms with Crippen molar-refractivity contribution in [3.63, 3.8) is 0 Å². The third-order valence-corrected chi connectivity index (χ3v) is 3.65. The lowest BCUT2D eigenvalue weighted by molar-refractivity contribution is -0.289. The van der Waals surface area contributed by atoms with Crippen LogP contribution in [0.5, 0.6) is 0 Å². The van der Waals surface area contributed by atoms with E-state index in [0.717, 1.165) is 12.5 Å². The smallest absolute Gasteiger partial charge is 0.338 e. The molecule has 1 aliphatic rings. The van der Waals surface area contributed by atoms with Crippen molar-refractivity contribution in [2.75, 3.05) is 6.61 Å². The third-order valence-electron chi connectivity index (χ3n) is 3.65. The van der Waals surface area contributed by atoms with Crippen LogP contribution < -0.4 is 0 Å². The van der Waals surface area contributed by atoms with Gasteiger partial charge in [-0.2, -0.15) is 0 Å². The molecule has 8 nitrogen and oxygen atoms in total. The maximum atomic E-state index is 12.2. The average Bonchev–Trinajstić information content (AvgIpc) is 2.54. The van der Waals surface area contributed by atoms with Gasteiger partial charge >= 0.3 is 11.9 Å². The lowest BCUT2D eigenvalue weighted by Gasteiger charge is -2.40. The van der Waals surface area contributed by atoms with Gasteiger partial charge < -0.3 is 29.5 Å². The normalized spacial score (nSPS) is 29.8. The topological polar surface area (TPSA) is 123 Å². The van der Waals surface area contributed by atoms with Crippen LogP contribution in [-0.4, -0.2) is 64.6 Å². The average molecular weight is 340 g/mol. The van der Waals surface area contributed by atoms with Crippen LogP contribution in [0.15, 0.2) is 24.3 Å². The Bertz CT molecular complexity index is 584. The summed E-state index contributed by atoms with van der Waals surface area (Å²) >= 11 is 0. The van der Waals surface area contributed by atoms with Crippen LogP contribution in [0.1, 0.15) is 22.8 Å². The molecule has 1 saturated heterocycles. The van der Waals surface area contributed by atoms with E-state index < -0.39 is 49.3 Å². The second-order valence-electron chi connectivity index (χ2n) is 5.55. The van der Waals surface area contributed by atoms with E-state index in [4.69, 9.17) is 14.2 Å². The summed E-state index contributed by atoms with van der Waals surface area (Å²) in [5.74, 6) is -1.50. The maximum absolute atomic E-state index is 12.2. The van der Waals surface area contributed by atoms with Gasteiger partial charge in [0.1, 0.15) is 12.2 Å². The van der Waals surface area contributed by atoms with Crippen molar-refractivity contribution in [3.8, 4) is 0 Å². The van der Waals surface area contributed by atoms with Crippen LogP contribution >= 0.6 is 0 Å². The molecule has 0 amide bonds. The summed E-state index contributed by atoms with van der Waals surface area (Å²) in [6.07, 6.45) is -7.09. The SMILES string of the molecule is CC(=O)O[C@H]1[C@@H](OC(=O)c2ccc(C)cc2)[C@@H](O)[C@@H](CO)O[C@H]1O. The van der Waals surface area contributed by atoms with Gasteiger partial charge in [0.2, 0.25) is 0 Å². The molecule has 0 saturated carbocycles. The highest BCUT2D eigenvalue weighted by Crippen LogP contribution is 2.26. The first-order valence-electron chi connectivity index (χ1n) is 7.40. The molecule has 2 rings (SSSR count). The molecule has 5 atom stereocenters. The molecule has 1 aliphatic heterocycles. The molecule has 0 unspecified atom stereocenters. The van der Waals surface area contributed by atoms with Crippen LogP contribution in [-0.2, 0) is 19.0 Å². The Morgan fingerprint density at radius 3 is 2.29 bits per heavy atom.